The van der Waals surface area contributed by atoms with Crippen molar-refractivity contribution in [3.63, 3.8) is 0 Å². The van der Waals surface area contributed by atoms with Gasteiger partial charge in [0.25, 0.3) is 0 Å². The van der Waals surface area contributed by atoms with Crippen LogP contribution in [0.5, 0.6) is 0 Å². The lowest BCUT2D eigenvalue weighted by Gasteiger charge is -2.03. The Kier molecular flexibility index (Phi) is 4.92. The van der Waals surface area contributed by atoms with Gasteiger partial charge in [-0.2, -0.15) is 0 Å². The molecule has 0 aliphatic heterocycles. The second-order valence-corrected chi connectivity index (χ2v) is 5.12. The van der Waals surface area contributed by atoms with Crippen LogP contribution < -0.4 is 5.73 Å². The monoisotopic (exact) mass is 311 g/mol. The highest BCUT2D eigenvalue weighted by molar-refractivity contribution is 9.09. The quantitative estimate of drug-likeness (QED) is 0.630. The maximum Gasteiger partial charge on any atom is 0.165 e. The molecule has 2 aromatic heterocycles. The summed E-state index contributed by atoms with van der Waals surface area (Å²) in [4.78, 5) is 12.4. The summed E-state index contributed by atoms with van der Waals surface area (Å²) in [5, 5.41) is 1.11. The van der Waals surface area contributed by atoms with Gasteiger partial charge in [-0.05, 0) is 12.8 Å². The van der Waals surface area contributed by atoms with Crippen LogP contribution in [-0.2, 0) is 6.54 Å². The summed E-state index contributed by atoms with van der Waals surface area (Å²) in [6.07, 6.45) is 9.53. The molecule has 0 aliphatic rings. The first-order valence-electron chi connectivity index (χ1n) is 6.30. The van der Waals surface area contributed by atoms with Crippen LogP contribution >= 0.6 is 15.9 Å². The number of rotatable bonds is 7. The van der Waals surface area contributed by atoms with Crippen LogP contribution in [0, 0.1) is 0 Å². The van der Waals surface area contributed by atoms with Gasteiger partial charge in [0.2, 0.25) is 0 Å². The van der Waals surface area contributed by atoms with Crippen molar-refractivity contribution in [3.05, 3.63) is 12.7 Å². The average Bonchev–Trinajstić information content (AvgIpc) is 2.79. The van der Waals surface area contributed by atoms with E-state index in [-0.39, 0.29) is 0 Å². The predicted molar refractivity (Wildman–Crippen MR) is 76.6 cm³/mol. The van der Waals surface area contributed by atoms with Crippen molar-refractivity contribution >= 4 is 32.9 Å². The van der Waals surface area contributed by atoms with Crippen molar-refractivity contribution in [2.24, 2.45) is 0 Å². The van der Waals surface area contributed by atoms with Crippen LogP contribution in [-0.4, -0.2) is 24.8 Å². The van der Waals surface area contributed by atoms with E-state index in [1.165, 1.54) is 32.0 Å². The Morgan fingerprint density at radius 3 is 2.67 bits per heavy atom. The third-order valence-corrected chi connectivity index (χ3v) is 3.52. The summed E-state index contributed by atoms with van der Waals surface area (Å²) >= 11 is 3.45. The van der Waals surface area contributed by atoms with Crippen LogP contribution in [0.4, 0.5) is 5.82 Å². The molecule has 0 fully saturated rings. The van der Waals surface area contributed by atoms with Crippen LogP contribution in [0.15, 0.2) is 12.7 Å². The standard InChI is InChI=1S/C12H18BrN5/c13-6-4-2-1-3-5-7-18-9-17-10-11(14)15-8-16-12(10)18/h8-9H,1-7H2,(H2,14,15,16). The summed E-state index contributed by atoms with van der Waals surface area (Å²) in [5.74, 6) is 0.455. The first kappa shape index (κ1) is 13.3. The van der Waals surface area contributed by atoms with Gasteiger partial charge in [-0.25, -0.2) is 15.0 Å². The van der Waals surface area contributed by atoms with Crippen molar-refractivity contribution in [2.75, 3.05) is 11.1 Å². The van der Waals surface area contributed by atoms with Gasteiger partial charge in [0, 0.05) is 11.9 Å². The molecule has 0 atom stereocenters. The Bertz CT molecular complexity index is 496. The van der Waals surface area contributed by atoms with Crippen molar-refractivity contribution in [3.8, 4) is 0 Å². The molecule has 0 aromatic carbocycles. The number of halogens is 1. The van der Waals surface area contributed by atoms with E-state index in [0.29, 0.717) is 11.3 Å². The predicted octanol–water partition coefficient (Wildman–Crippen LogP) is 2.75. The third kappa shape index (κ3) is 3.19. The van der Waals surface area contributed by atoms with Crippen molar-refractivity contribution in [1.82, 2.24) is 19.5 Å². The molecule has 0 amide bonds. The number of alkyl halides is 1. The number of hydrogen-bond acceptors (Lipinski definition) is 4. The number of imidazole rings is 1. The Labute approximate surface area is 115 Å². The SMILES string of the molecule is Nc1ncnc2c1ncn2CCCCCCCBr. The van der Waals surface area contributed by atoms with Gasteiger partial charge in [-0.3, -0.25) is 0 Å². The normalized spacial score (nSPS) is 11.2. The Morgan fingerprint density at radius 1 is 1.06 bits per heavy atom. The van der Waals surface area contributed by atoms with Crippen molar-refractivity contribution < 1.29 is 0 Å². The topological polar surface area (TPSA) is 69.6 Å². The minimum absolute atomic E-state index is 0.455. The molecule has 0 saturated heterocycles. The van der Waals surface area contributed by atoms with Gasteiger partial charge in [0.1, 0.15) is 11.8 Å². The van der Waals surface area contributed by atoms with Gasteiger partial charge in [0.05, 0.1) is 6.33 Å². The van der Waals surface area contributed by atoms with Gasteiger partial charge in [-0.1, -0.05) is 35.2 Å². The van der Waals surface area contributed by atoms with Crippen molar-refractivity contribution in [2.45, 2.75) is 38.6 Å². The summed E-state index contributed by atoms with van der Waals surface area (Å²) < 4.78 is 2.05. The molecule has 2 heterocycles. The number of aryl methyl sites for hydroxylation is 1. The summed E-state index contributed by atoms with van der Waals surface area (Å²) in [6.45, 7) is 0.946. The summed E-state index contributed by atoms with van der Waals surface area (Å²) in [5.41, 5.74) is 7.29. The van der Waals surface area contributed by atoms with Gasteiger partial charge in [-0.15, -0.1) is 0 Å². The number of nitrogens with two attached hydrogens (primary N) is 1. The van der Waals surface area contributed by atoms with Crippen LogP contribution in [0.2, 0.25) is 0 Å². The fourth-order valence-corrected chi connectivity index (χ4v) is 2.37. The number of unbranched alkanes of at least 4 members (excludes halogenated alkanes) is 4. The number of nitrogens with zero attached hydrogens (tertiary/aromatic N) is 4. The molecule has 5 nitrogen and oxygen atoms in total. The minimum atomic E-state index is 0.455. The van der Waals surface area contributed by atoms with Crippen molar-refractivity contribution in [1.29, 1.82) is 0 Å². The van der Waals surface area contributed by atoms with E-state index in [4.69, 9.17) is 5.73 Å². The highest BCUT2D eigenvalue weighted by atomic mass is 79.9. The lowest BCUT2D eigenvalue weighted by molar-refractivity contribution is 0.575. The molecule has 98 valence electrons. The lowest BCUT2D eigenvalue weighted by atomic mass is 10.1. The highest BCUT2D eigenvalue weighted by Gasteiger charge is 2.06. The smallest absolute Gasteiger partial charge is 0.165 e. The Balaban J connectivity index is 1.86. The minimum Gasteiger partial charge on any atom is -0.382 e. The first-order valence-corrected chi connectivity index (χ1v) is 7.42. The van der Waals surface area contributed by atoms with E-state index in [2.05, 4.69) is 35.4 Å². The zero-order valence-electron chi connectivity index (χ0n) is 10.3. The van der Waals surface area contributed by atoms with E-state index in [1.54, 1.807) is 6.33 Å². The lowest BCUT2D eigenvalue weighted by Crippen LogP contribution is -1.99. The number of hydrogen-bond donors (Lipinski definition) is 1. The van der Waals surface area contributed by atoms with E-state index in [0.717, 1.165) is 23.9 Å². The number of anilines is 1. The van der Waals surface area contributed by atoms with E-state index in [1.807, 2.05) is 0 Å². The maximum absolute atomic E-state index is 5.75. The molecule has 18 heavy (non-hydrogen) atoms. The van der Waals surface area contributed by atoms with Gasteiger partial charge in [0.15, 0.2) is 11.5 Å². The molecule has 0 aliphatic carbocycles. The molecule has 0 radical (unpaired) electrons. The first-order chi connectivity index (χ1) is 8.83. The maximum atomic E-state index is 5.75. The van der Waals surface area contributed by atoms with Gasteiger partial charge >= 0.3 is 0 Å². The fraction of sp³-hybridized carbons (Fsp3) is 0.583. The highest BCUT2D eigenvalue weighted by Crippen LogP contribution is 2.15. The molecule has 2 aromatic rings. The zero-order chi connectivity index (χ0) is 12.8. The molecule has 0 spiro atoms. The number of nitrogen functional groups attached to an aromatic ring is 1. The molecule has 0 saturated carbocycles. The zero-order valence-corrected chi connectivity index (χ0v) is 11.9. The van der Waals surface area contributed by atoms with Crippen LogP contribution in [0.25, 0.3) is 11.2 Å². The van der Waals surface area contributed by atoms with Crippen LogP contribution in [0.3, 0.4) is 0 Å². The number of aromatic nitrogens is 4. The van der Waals surface area contributed by atoms with E-state index in [9.17, 15) is 0 Å². The second-order valence-electron chi connectivity index (χ2n) is 4.33. The molecule has 2 rings (SSSR count). The molecule has 0 bridgehead atoms. The summed E-state index contributed by atoms with van der Waals surface area (Å²) in [6, 6.07) is 0. The molecule has 6 heteroatoms. The second kappa shape index (κ2) is 6.68. The average molecular weight is 312 g/mol. The molecule has 2 N–H and O–H groups in total. The van der Waals surface area contributed by atoms with Crippen LogP contribution in [0.1, 0.15) is 32.1 Å². The fourth-order valence-electron chi connectivity index (χ4n) is 1.97. The van der Waals surface area contributed by atoms with E-state index < -0.39 is 0 Å². The third-order valence-electron chi connectivity index (χ3n) is 2.96. The molecular weight excluding hydrogens is 294 g/mol. The Hall–Kier alpha value is -1.17. The van der Waals surface area contributed by atoms with Gasteiger partial charge < -0.3 is 10.3 Å². The Morgan fingerprint density at radius 2 is 1.83 bits per heavy atom. The number of fused-ring (bicyclic) bond motifs is 1. The molecule has 0 unspecified atom stereocenters. The van der Waals surface area contributed by atoms with E-state index >= 15 is 0 Å². The molecular formula is C12H18BrN5. The summed E-state index contributed by atoms with van der Waals surface area (Å²) in [7, 11) is 0. The largest absolute Gasteiger partial charge is 0.382 e.